The number of nitrogens with one attached hydrogen (secondary N) is 2. The maximum absolute atomic E-state index is 12.4. The first-order valence-corrected chi connectivity index (χ1v) is 12.4. The van der Waals surface area contributed by atoms with Crippen molar-refractivity contribution in [2.24, 2.45) is 10.2 Å². The van der Waals surface area contributed by atoms with Crippen molar-refractivity contribution in [3.8, 4) is 23.0 Å². The van der Waals surface area contributed by atoms with E-state index in [9.17, 15) is 19.8 Å². The van der Waals surface area contributed by atoms with Gasteiger partial charge in [0.2, 0.25) is 0 Å². The molecule has 4 aromatic carbocycles. The summed E-state index contributed by atoms with van der Waals surface area (Å²) in [6, 6.07) is 23.6. The van der Waals surface area contributed by atoms with E-state index < -0.39 is 11.8 Å². The van der Waals surface area contributed by atoms with Crippen LogP contribution in [0.3, 0.4) is 0 Å². The molecule has 2 amide bonds. The van der Waals surface area contributed by atoms with E-state index in [1.165, 1.54) is 38.8 Å². The van der Waals surface area contributed by atoms with Crippen LogP contribution in [0, 0.1) is 0 Å². The average Bonchev–Trinajstić information content (AvgIpc) is 2.99. The summed E-state index contributed by atoms with van der Waals surface area (Å²) in [4.78, 5) is 24.9. The molecule has 4 rings (SSSR count). The Bertz CT molecular complexity index is 1460. The zero-order valence-electron chi connectivity index (χ0n) is 22.4. The van der Waals surface area contributed by atoms with E-state index in [0.29, 0.717) is 40.2 Å². The number of phenolic OH excluding ortho intramolecular Hbond substituents is 2. The number of nitrogens with zero attached hydrogens (tertiary/aromatic N) is 2. The van der Waals surface area contributed by atoms with E-state index in [-0.39, 0.29) is 11.5 Å². The molecule has 0 saturated heterocycles. The summed E-state index contributed by atoms with van der Waals surface area (Å²) in [6.07, 6.45) is 3.28. The van der Waals surface area contributed by atoms with Gasteiger partial charge >= 0.3 is 0 Å². The van der Waals surface area contributed by atoms with Gasteiger partial charge in [0.05, 0.1) is 26.6 Å². The van der Waals surface area contributed by atoms with E-state index in [1.807, 2.05) is 24.3 Å². The predicted molar refractivity (Wildman–Crippen MR) is 155 cm³/mol. The van der Waals surface area contributed by atoms with E-state index in [0.717, 1.165) is 11.1 Å². The molecule has 4 aromatic rings. The smallest absolute Gasteiger partial charge is 0.271 e. The van der Waals surface area contributed by atoms with Crippen molar-refractivity contribution >= 4 is 24.2 Å². The molecule has 0 bridgehead atoms. The zero-order valence-corrected chi connectivity index (χ0v) is 22.4. The topological polar surface area (TPSA) is 142 Å². The molecule has 208 valence electrons. The van der Waals surface area contributed by atoms with E-state index in [2.05, 4.69) is 21.1 Å². The Balaban J connectivity index is 1.29. The lowest BCUT2D eigenvalue weighted by molar-refractivity contribution is 0.0947. The first kappa shape index (κ1) is 28.4. The number of hydrogen-bond donors (Lipinski definition) is 4. The van der Waals surface area contributed by atoms with Crippen LogP contribution in [0.2, 0.25) is 0 Å². The Morgan fingerprint density at radius 3 is 1.41 bits per heavy atom. The second-order valence-electron chi connectivity index (χ2n) is 8.82. The second-order valence-corrected chi connectivity index (χ2v) is 8.82. The van der Waals surface area contributed by atoms with Gasteiger partial charge in [0.1, 0.15) is 23.0 Å². The van der Waals surface area contributed by atoms with Crippen LogP contribution in [0.15, 0.2) is 95.1 Å². The number of ether oxygens (including phenoxy) is 2. The molecule has 0 spiro atoms. The number of methoxy groups -OCH3 is 2. The summed E-state index contributed by atoms with van der Waals surface area (Å²) in [5.74, 6) is 0.354. The van der Waals surface area contributed by atoms with E-state index in [4.69, 9.17) is 9.47 Å². The van der Waals surface area contributed by atoms with Crippen molar-refractivity contribution in [3.63, 3.8) is 0 Å². The van der Waals surface area contributed by atoms with Crippen molar-refractivity contribution in [1.82, 2.24) is 10.9 Å². The van der Waals surface area contributed by atoms with Gasteiger partial charge in [-0.3, -0.25) is 9.59 Å². The minimum absolute atomic E-state index is 0.0147. The molecule has 0 aliphatic rings. The zero-order chi connectivity index (χ0) is 29.2. The number of aromatic hydroxyl groups is 2. The monoisotopic (exact) mass is 552 g/mol. The maximum atomic E-state index is 12.4. The molecule has 10 nitrogen and oxygen atoms in total. The fourth-order valence-corrected chi connectivity index (χ4v) is 3.76. The molecular formula is C31H28N4O6. The van der Waals surface area contributed by atoms with Crippen molar-refractivity contribution in [2.45, 2.75) is 6.42 Å². The first-order valence-electron chi connectivity index (χ1n) is 12.4. The third-order valence-corrected chi connectivity index (χ3v) is 6.05. The molecule has 0 aliphatic heterocycles. The predicted octanol–water partition coefficient (Wildman–Crippen LogP) is 4.23. The molecular weight excluding hydrogens is 524 g/mol. The normalized spacial score (nSPS) is 11.0. The summed E-state index contributed by atoms with van der Waals surface area (Å²) in [5.41, 5.74) is 8.51. The first-order chi connectivity index (χ1) is 19.9. The van der Waals surface area contributed by atoms with Gasteiger partial charge in [-0.05, 0) is 78.2 Å². The van der Waals surface area contributed by atoms with E-state index in [1.54, 1.807) is 48.5 Å². The highest BCUT2D eigenvalue weighted by Crippen LogP contribution is 2.22. The van der Waals surface area contributed by atoms with Crippen LogP contribution in [0.4, 0.5) is 0 Å². The molecule has 0 heterocycles. The third kappa shape index (κ3) is 7.70. The number of amides is 2. The molecule has 4 N–H and O–H groups in total. The van der Waals surface area contributed by atoms with Gasteiger partial charge in [-0.2, -0.15) is 10.2 Å². The van der Waals surface area contributed by atoms with Crippen LogP contribution in [0.25, 0.3) is 0 Å². The van der Waals surface area contributed by atoms with Gasteiger partial charge in [-0.25, -0.2) is 10.9 Å². The van der Waals surface area contributed by atoms with Gasteiger partial charge in [0, 0.05) is 22.3 Å². The summed E-state index contributed by atoms with van der Waals surface area (Å²) in [7, 11) is 3.03. The number of hydrogen-bond acceptors (Lipinski definition) is 8. The summed E-state index contributed by atoms with van der Waals surface area (Å²) >= 11 is 0. The van der Waals surface area contributed by atoms with Crippen LogP contribution in [-0.2, 0) is 6.42 Å². The highest BCUT2D eigenvalue weighted by molar-refractivity contribution is 5.96. The number of phenols is 2. The summed E-state index contributed by atoms with van der Waals surface area (Å²) < 4.78 is 10.2. The Kier molecular flexibility index (Phi) is 9.29. The lowest BCUT2D eigenvalue weighted by atomic mass is 10.0. The van der Waals surface area contributed by atoms with Gasteiger partial charge in [-0.15, -0.1) is 0 Å². The molecule has 0 atom stereocenters. The summed E-state index contributed by atoms with van der Waals surface area (Å²) in [6.45, 7) is 0. The fraction of sp³-hybridized carbons (Fsp3) is 0.0968. The molecule has 10 heteroatoms. The van der Waals surface area contributed by atoms with E-state index >= 15 is 0 Å². The average molecular weight is 553 g/mol. The third-order valence-electron chi connectivity index (χ3n) is 6.05. The van der Waals surface area contributed by atoms with Crippen molar-refractivity contribution in [3.05, 3.63) is 118 Å². The minimum atomic E-state index is -0.394. The quantitative estimate of drug-likeness (QED) is 0.171. The SMILES string of the molecule is COc1ccc(O)c(/C=N/NC(=O)c2ccc(Cc3ccc(C(=O)N/N=C/c4cc(OC)ccc4O)cc3)cc2)c1. The molecule has 0 saturated carbocycles. The van der Waals surface area contributed by atoms with Crippen molar-refractivity contribution in [2.75, 3.05) is 14.2 Å². The standard InChI is InChI=1S/C31H28N4O6/c1-40-26-11-13-28(36)24(16-26)18-32-34-30(38)22-7-3-20(4-8-22)15-21-5-9-23(10-6-21)31(39)35-33-19-25-17-27(41-2)12-14-29(25)37/h3-14,16-19,36-37H,15H2,1-2H3,(H,34,38)(H,35,39)/b32-18+,33-19+. The van der Waals surface area contributed by atoms with Gasteiger partial charge in [-0.1, -0.05) is 24.3 Å². The van der Waals surface area contributed by atoms with Crippen LogP contribution >= 0.6 is 0 Å². The number of carbonyl (C=O) groups excluding carboxylic acids is 2. The minimum Gasteiger partial charge on any atom is -0.507 e. The van der Waals surface area contributed by atoms with Gasteiger partial charge in [0.15, 0.2) is 0 Å². The Morgan fingerprint density at radius 2 is 1.05 bits per heavy atom. The van der Waals surface area contributed by atoms with Gasteiger partial charge in [0.25, 0.3) is 11.8 Å². The molecule has 0 aliphatic carbocycles. The van der Waals surface area contributed by atoms with Crippen LogP contribution in [0.5, 0.6) is 23.0 Å². The van der Waals surface area contributed by atoms with Crippen LogP contribution in [0.1, 0.15) is 43.0 Å². The van der Waals surface area contributed by atoms with Gasteiger partial charge < -0.3 is 19.7 Å². The highest BCUT2D eigenvalue weighted by atomic mass is 16.5. The number of rotatable bonds is 10. The van der Waals surface area contributed by atoms with Crippen molar-refractivity contribution in [1.29, 1.82) is 0 Å². The fourth-order valence-electron chi connectivity index (χ4n) is 3.76. The molecule has 0 fully saturated rings. The summed E-state index contributed by atoms with van der Waals surface area (Å²) in [5, 5.41) is 27.6. The van der Waals surface area contributed by atoms with Crippen LogP contribution in [-0.4, -0.2) is 48.7 Å². The molecule has 0 radical (unpaired) electrons. The maximum Gasteiger partial charge on any atom is 0.271 e. The Hall–Kier alpha value is -5.64. The highest BCUT2D eigenvalue weighted by Gasteiger charge is 2.08. The Labute approximate surface area is 236 Å². The van der Waals surface area contributed by atoms with Crippen molar-refractivity contribution < 1.29 is 29.3 Å². The van der Waals surface area contributed by atoms with Crippen LogP contribution < -0.4 is 20.3 Å². The Morgan fingerprint density at radius 1 is 0.659 bits per heavy atom. The number of carbonyl (C=O) groups is 2. The lowest BCUT2D eigenvalue weighted by Crippen LogP contribution is -2.17. The lowest BCUT2D eigenvalue weighted by Gasteiger charge is -2.06. The number of hydrazone groups is 2. The number of benzene rings is 4. The largest absolute Gasteiger partial charge is 0.507 e. The second kappa shape index (κ2) is 13.4. The molecule has 41 heavy (non-hydrogen) atoms. The molecule has 0 aromatic heterocycles. The molecule has 0 unspecified atom stereocenters.